The molecule has 0 aromatic heterocycles. The number of hydrazone groups is 1. The number of hydrogen-bond donors (Lipinski definition) is 1. The molecule has 4 heteroatoms. The van der Waals surface area contributed by atoms with Gasteiger partial charge in [0.2, 0.25) is 0 Å². The van der Waals surface area contributed by atoms with Crippen LogP contribution in [0.2, 0.25) is 0 Å². The van der Waals surface area contributed by atoms with Crippen molar-refractivity contribution in [3.8, 4) is 0 Å². The van der Waals surface area contributed by atoms with E-state index in [2.05, 4.69) is 5.10 Å². The molecule has 80 valence electrons. The molecule has 0 aliphatic carbocycles. The number of nitrogens with two attached hydrogens (primary N) is 1. The lowest BCUT2D eigenvalue weighted by atomic mass is 10.2. The maximum absolute atomic E-state index is 5.61. The zero-order chi connectivity index (χ0) is 11.4. The van der Waals surface area contributed by atoms with Crippen molar-refractivity contribution < 1.29 is 0 Å². The first kappa shape index (κ1) is 11.7. The first-order chi connectivity index (χ1) is 7.00. The number of rotatable bonds is 2. The molecular formula is C11H15N3S. The van der Waals surface area contributed by atoms with E-state index in [1.165, 1.54) is 5.56 Å². The van der Waals surface area contributed by atoms with E-state index in [4.69, 9.17) is 18.0 Å². The van der Waals surface area contributed by atoms with Gasteiger partial charge in [-0.3, -0.25) is 0 Å². The molecule has 1 rings (SSSR count). The molecule has 0 amide bonds. The van der Waals surface area contributed by atoms with Crippen LogP contribution >= 0.6 is 12.2 Å². The molecule has 2 N–H and O–H groups in total. The van der Waals surface area contributed by atoms with Crippen LogP contribution < -0.4 is 10.7 Å². The molecule has 15 heavy (non-hydrogen) atoms. The van der Waals surface area contributed by atoms with Crippen molar-refractivity contribution >= 4 is 28.7 Å². The van der Waals surface area contributed by atoms with E-state index < -0.39 is 0 Å². The molecule has 0 radical (unpaired) electrons. The van der Waals surface area contributed by atoms with Gasteiger partial charge in [-0.1, -0.05) is 17.7 Å². The van der Waals surface area contributed by atoms with Crippen LogP contribution in [-0.2, 0) is 0 Å². The van der Waals surface area contributed by atoms with Crippen LogP contribution in [0.1, 0.15) is 19.4 Å². The fourth-order valence-corrected chi connectivity index (χ4v) is 1.27. The molecule has 0 saturated heterocycles. The highest BCUT2D eigenvalue weighted by Crippen LogP contribution is 2.15. The number of benzene rings is 1. The zero-order valence-electron chi connectivity index (χ0n) is 9.19. The predicted molar refractivity (Wildman–Crippen MR) is 69.2 cm³/mol. The summed E-state index contributed by atoms with van der Waals surface area (Å²) in [5.74, 6) is 0. The van der Waals surface area contributed by atoms with Crippen molar-refractivity contribution in [3.63, 3.8) is 0 Å². The lowest BCUT2D eigenvalue weighted by Gasteiger charge is -2.17. The standard InChI is InChI=1S/C11H15N3S/c1-8(2)13-14(11(12)15)10-6-4-9(3)5-7-10/h4-7H,1-3H3,(H2,12,15). The largest absolute Gasteiger partial charge is 0.374 e. The molecule has 0 fully saturated rings. The van der Waals surface area contributed by atoms with E-state index in [9.17, 15) is 0 Å². The topological polar surface area (TPSA) is 41.6 Å². The Bertz CT molecular complexity index is 377. The lowest BCUT2D eigenvalue weighted by molar-refractivity contribution is 1.12. The number of hydrogen-bond acceptors (Lipinski definition) is 2. The van der Waals surface area contributed by atoms with E-state index >= 15 is 0 Å². The number of aryl methyl sites for hydroxylation is 1. The molecule has 0 spiro atoms. The Hall–Kier alpha value is -1.42. The van der Waals surface area contributed by atoms with Crippen molar-refractivity contribution in [1.29, 1.82) is 0 Å². The molecule has 0 saturated carbocycles. The average Bonchev–Trinajstić information content (AvgIpc) is 2.15. The van der Waals surface area contributed by atoms with Crippen LogP contribution in [0.25, 0.3) is 0 Å². The summed E-state index contributed by atoms with van der Waals surface area (Å²) in [6.45, 7) is 5.84. The fourth-order valence-electron chi connectivity index (χ4n) is 1.12. The lowest BCUT2D eigenvalue weighted by Crippen LogP contribution is -2.31. The number of anilines is 1. The Morgan fingerprint density at radius 2 is 1.80 bits per heavy atom. The van der Waals surface area contributed by atoms with E-state index in [0.717, 1.165) is 11.4 Å². The maximum atomic E-state index is 5.61. The van der Waals surface area contributed by atoms with Gasteiger partial charge in [-0.15, -0.1) is 0 Å². The van der Waals surface area contributed by atoms with Crippen LogP contribution in [0, 0.1) is 6.92 Å². The summed E-state index contributed by atoms with van der Waals surface area (Å²) < 4.78 is 0. The van der Waals surface area contributed by atoms with Gasteiger partial charge in [-0.05, 0) is 45.1 Å². The van der Waals surface area contributed by atoms with Gasteiger partial charge in [0.15, 0.2) is 5.11 Å². The van der Waals surface area contributed by atoms with Crippen LogP contribution in [0.5, 0.6) is 0 Å². The van der Waals surface area contributed by atoms with Crippen LogP contribution in [0.3, 0.4) is 0 Å². The molecule has 1 aromatic carbocycles. The summed E-state index contributed by atoms with van der Waals surface area (Å²) in [6.07, 6.45) is 0. The molecule has 0 aliphatic heterocycles. The maximum Gasteiger partial charge on any atom is 0.191 e. The second kappa shape index (κ2) is 4.89. The average molecular weight is 221 g/mol. The van der Waals surface area contributed by atoms with Crippen LogP contribution in [0.4, 0.5) is 5.69 Å². The molecule has 1 aromatic rings. The van der Waals surface area contributed by atoms with Gasteiger partial charge in [-0.2, -0.15) is 5.10 Å². The second-order valence-corrected chi connectivity index (χ2v) is 3.95. The Morgan fingerprint density at radius 1 is 1.27 bits per heavy atom. The van der Waals surface area contributed by atoms with Gasteiger partial charge in [0.1, 0.15) is 0 Å². The minimum atomic E-state index is 0.250. The fraction of sp³-hybridized carbons (Fsp3) is 0.273. The molecule has 0 unspecified atom stereocenters. The van der Waals surface area contributed by atoms with Crippen molar-refractivity contribution in [2.45, 2.75) is 20.8 Å². The summed E-state index contributed by atoms with van der Waals surface area (Å²) in [5, 5.41) is 6.07. The minimum Gasteiger partial charge on any atom is -0.374 e. The second-order valence-electron chi connectivity index (χ2n) is 3.53. The summed E-state index contributed by atoms with van der Waals surface area (Å²) in [4.78, 5) is 0. The molecule has 0 heterocycles. The summed E-state index contributed by atoms with van der Waals surface area (Å²) in [5.41, 5.74) is 8.59. The zero-order valence-corrected chi connectivity index (χ0v) is 10.0. The first-order valence-corrected chi connectivity index (χ1v) is 5.09. The highest BCUT2D eigenvalue weighted by molar-refractivity contribution is 7.80. The van der Waals surface area contributed by atoms with E-state index in [1.54, 1.807) is 5.01 Å². The molecule has 0 aliphatic rings. The van der Waals surface area contributed by atoms with E-state index in [1.807, 2.05) is 45.0 Å². The third-order valence-corrected chi connectivity index (χ3v) is 1.96. The third-order valence-electron chi connectivity index (χ3n) is 1.79. The Balaban J connectivity index is 3.05. The van der Waals surface area contributed by atoms with Crippen molar-refractivity contribution in [3.05, 3.63) is 29.8 Å². The minimum absolute atomic E-state index is 0.250. The quantitative estimate of drug-likeness (QED) is 0.474. The number of nitrogens with zero attached hydrogens (tertiary/aromatic N) is 2. The Kier molecular flexibility index (Phi) is 3.80. The predicted octanol–water partition coefficient (Wildman–Crippen LogP) is 2.44. The number of thiocarbonyl (C=S) groups is 1. The van der Waals surface area contributed by atoms with Crippen molar-refractivity contribution in [2.75, 3.05) is 5.01 Å². The highest BCUT2D eigenvalue weighted by Gasteiger charge is 2.06. The molecule has 3 nitrogen and oxygen atoms in total. The summed E-state index contributed by atoms with van der Waals surface area (Å²) in [6, 6.07) is 7.89. The van der Waals surface area contributed by atoms with Gasteiger partial charge in [0.05, 0.1) is 5.69 Å². The van der Waals surface area contributed by atoms with Gasteiger partial charge < -0.3 is 5.73 Å². The molecule has 0 bridgehead atoms. The molecular weight excluding hydrogens is 206 g/mol. The summed E-state index contributed by atoms with van der Waals surface area (Å²) >= 11 is 4.95. The highest BCUT2D eigenvalue weighted by atomic mass is 32.1. The van der Waals surface area contributed by atoms with Crippen LogP contribution in [0.15, 0.2) is 29.4 Å². The monoisotopic (exact) mass is 221 g/mol. The van der Waals surface area contributed by atoms with E-state index in [0.29, 0.717) is 0 Å². The Labute approximate surface area is 95.6 Å². The van der Waals surface area contributed by atoms with Gasteiger partial charge in [0, 0.05) is 5.71 Å². The van der Waals surface area contributed by atoms with Gasteiger partial charge in [0.25, 0.3) is 0 Å². The first-order valence-electron chi connectivity index (χ1n) is 4.68. The normalized spacial score (nSPS) is 9.53. The van der Waals surface area contributed by atoms with Gasteiger partial charge in [-0.25, -0.2) is 5.01 Å². The van der Waals surface area contributed by atoms with Gasteiger partial charge >= 0.3 is 0 Å². The Morgan fingerprint density at radius 3 is 2.20 bits per heavy atom. The third kappa shape index (κ3) is 3.32. The summed E-state index contributed by atoms with van der Waals surface area (Å²) in [7, 11) is 0. The van der Waals surface area contributed by atoms with Crippen molar-refractivity contribution in [1.82, 2.24) is 0 Å². The van der Waals surface area contributed by atoms with Crippen molar-refractivity contribution in [2.24, 2.45) is 10.8 Å². The molecule has 0 atom stereocenters. The van der Waals surface area contributed by atoms with Crippen LogP contribution in [-0.4, -0.2) is 10.8 Å². The smallest absolute Gasteiger partial charge is 0.191 e. The SMILES string of the molecule is CC(C)=NN(C(N)=S)c1ccc(C)cc1. The van der Waals surface area contributed by atoms with E-state index in [-0.39, 0.29) is 5.11 Å².